The van der Waals surface area contributed by atoms with Crippen LogP contribution in [0.25, 0.3) is 0 Å². The lowest BCUT2D eigenvalue weighted by atomic mass is 9.97. The van der Waals surface area contributed by atoms with Crippen LogP contribution >= 0.6 is 0 Å². The van der Waals surface area contributed by atoms with Crippen molar-refractivity contribution in [2.45, 2.75) is 19.3 Å². The number of nitrogens with zero attached hydrogens (tertiary/aromatic N) is 2. The monoisotopic (exact) mass is 308 g/mol. The van der Waals surface area contributed by atoms with E-state index in [1.807, 2.05) is 0 Å². The summed E-state index contributed by atoms with van der Waals surface area (Å²) in [5, 5.41) is 19.5. The van der Waals surface area contributed by atoms with Gasteiger partial charge in [0, 0.05) is 18.7 Å². The standard InChI is InChI=1S/C15H20N2O5/c18-15(19)12-6-9-16(10-7-12)8-1-11-22-14-4-2-13(3-5-14)17(20)21/h2-5,12H,1,6-11H2,(H,18,19). The minimum absolute atomic E-state index is 0.0497. The molecular weight excluding hydrogens is 288 g/mol. The second kappa shape index (κ2) is 7.74. The van der Waals surface area contributed by atoms with Crippen LogP contribution in [0, 0.1) is 16.0 Å². The van der Waals surface area contributed by atoms with E-state index in [0.29, 0.717) is 25.2 Å². The van der Waals surface area contributed by atoms with E-state index < -0.39 is 10.9 Å². The summed E-state index contributed by atoms with van der Waals surface area (Å²) in [6.07, 6.45) is 2.26. The molecule has 0 spiro atoms. The quantitative estimate of drug-likeness (QED) is 0.471. The van der Waals surface area contributed by atoms with Gasteiger partial charge in [-0.15, -0.1) is 0 Å². The molecule has 0 radical (unpaired) electrons. The van der Waals surface area contributed by atoms with Gasteiger partial charge in [0.2, 0.25) is 0 Å². The second-order valence-corrected chi connectivity index (χ2v) is 5.41. The van der Waals surface area contributed by atoms with Crippen molar-refractivity contribution in [1.29, 1.82) is 0 Å². The van der Waals surface area contributed by atoms with Crippen molar-refractivity contribution in [2.75, 3.05) is 26.2 Å². The Hall–Kier alpha value is -2.15. The van der Waals surface area contributed by atoms with E-state index in [4.69, 9.17) is 9.84 Å². The maximum Gasteiger partial charge on any atom is 0.306 e. The lowest BCUT2D eigenvalue weighted by Crippen LogP contribution is -2.37. The van der Waals surface area contributed by atoms with E-state index in [0.717, 1.165) is 26.1 Å². The van der Waals surface area contributed by atoms with Gasteiger partial charge in [-0.1, -0.05) is 0 Å². The minimum atomic E-state index is -0.693. The Bertz CT molecular complexity index is 509. The predicted molar refractivity (Wildman–Crippen MR) is 80.0 cm³/mol. The number of benzene rings is 1. The molecule has 1 N–H and O–H groups in total. The molecule has 0 atom stereocenters. The molecule has 2 rings (SSSR count). The number of carboxylic acids is 1. The van der Waals surface area contributed by atoms with E-state index in [1.165, 1.54) is 12.1 Å². The highest BCUT2D eigenvalue weighted by molar-refractivity contribution is 5.70. The molecule has 0 bridgehead atoms. The third-order valence-electron chi connectivity index (χ3n) is 3.87. The fraction of sp³-hybridized carbons (Fsp3) is 0.533. The fourth-order valence-electron chi connectivity index (χ4n) is 2.55. The number of piperidine rings is 1. The first kappa shape index (κ1) is 16.2. The molecule has 0 amide bonds. The molecule has 1 saturated heterocycles. The SMILES string of the molecule is O=C(O)C1CCN(CCCOc2ccc([N+](=O)[O-])cc2)CC1. The molecule has 1 aromatic carbocycles. The summed E-state index contributed by atoms with van der Waals surface area (Å²) < 4.78 is 5.55. The third kappa shape index (κ3) is 4.70. The average Bonchev–Trinajstić information content (AvgIpc) is 2.52. The Morgan fingerprint density at radius 2 is 1.95 bits per heavy atom. The Kier molecular flexibility index (Phi) is 5.71. The smallest absolute Gasteiger partial charge is 0.306 e. The molecule has 0 saturated carbocycles. The van der Waals surface area contributed by atoms with Gasteiger partial charge in [0.1, 0.15) is 5.75 Å². The first-order chi connectivity index (χ1) is 10.6. The van der Waals surface area contributed by atoms with Crippen molar-refractivity contribution in [3.8, 4) is 5.75 Å². The Balaban J connectivity index is 1.63. The van der Waals surface area contributed by atoms with Crippen molar-refractivity contribution in [1.82, 2.24) is 4.90 Å². The zero-order chi connectivity index (χ0) is 15.9. The number of ether oxygens (including phenoxy) is 1. The van der Waals surface area contributed by atoms with Crippen LogP contribution < -0.4 is 4.74 Å². The summed E-state index contributed by atoms with van der Waals surface area (Å²) in [5.74, 6) is -0.274. The number of nitro groups is 1. The number of rotatable bonds is 7. The van der Waals surface area contributed by atoms with Crippen LogP contribution in [0.4, 0.5) is 5.69 Å². The number of hydrogen-bond acceptors (Lipinski definition) is 5. The van der Waals surface area contributed by atoms with Crippen molar-refractivity contribution in [3.63, 3.8) is 0 Å². The highest BCUT2D eigenvalue weighted by Gasteiger charge is 2.23. The molecule has 120 valence electrons. The van der Waals surface area contributed by atoms with Gasteiger partial charge in [0.25, 0.3) is 5.69 Å². The molecule has 7 heteroatoms. The molecule has 1 aromatic rings. The first-order valence-electron chi connectivity index (χ1n) is 7.38. The van der Waals surface area contributed by atoms with Crippen LogP contribution in [-0.4, -0.2) is 47.1 Å². The topological polar surface area (TPSA) is 92.9 Å². The van der Waals surface area contributed by atoms with Crippen LogP contribution in [0.1, 0.15) is 19.3 Å². The lowest BCUT2D eigenvalue weighted by Gasteiger charge is -2.29. The van der Waals surface area contributed by atoms with Gasteiger partial charge in [0.15, 0.2) is 0 Å². The Labute approximate surface area is 128 Å². The number of carbonyl (C=O) groups is 1. The average molecular weight is 308 g/mol. The van der Waals surface area contributed by atoms with Gasteiger partial charge >= 0.3 is 5.97 Å². The van der Waals surface area contributed by atoms with Gasteiger partial charge in [-0.05, 0) is 44.5 Å². The molecule has 0 unspecified atom stereocenters. The van der Waals surface area contributed by atoms with Crippen LogP contribution in [0.3, 0.4) is 0 Å². The molecular formula is C15H20N2O5. The summed E-state index contributed by atoms with van der Waals surface area (Å²) in [4.78, 5) is 23.2. The van der Waals surface area contributed by atoms with Crippen molar-refractivity contribution < 1.29 is 19.6 Å². The third-order valence-corrected chi connectivity index (χ3v) is 3.87. The maximum atomic E-state index is 10.9. The number of carboxylic acid groups (broad SMARTS) is 1. The largest absolute Gasteiger partial charge is 0.494 e. The lowest BCUT2D eigenvalue weighted by molar-refractivity contribution is -0.384. The molecule has 0 aromatic heterocycles. The van der Waals surface area contributed by atoms with E-state index in [-0.39, 0.29) is 11.6 Å². The van der Waals surface area contributed by atoms with Crippen LogP contribution in [0.5, 0.6) is 5.75 Å². The summed E-state index contributed by atoms with van der Waals surface area (Å²) in [6, 6.07) is 6.03. The van der Waals surface area contributed by atoms with Crippen molar-refractivity contribution in [3.05, 3.63) is 34.4 Å². The van der Waals surface area contributed by atoms with Gasteiger partial charge in [-0.2, -0.15) is 0 Å². The number of hydrogen-bond donors (Lipinski definition) is 1. The van der Waals surface area contributed by atoms with Gasteiger partial charge in [-0.25, -0.2) is 0 Å². The summed E-state index contributed by atoms with van der Waals surface area (Å²) in [7, 11) is 0. The van der Waals surface area contributed by atoms with Crippen molar-refractivity contribution in [2.24, 2.45) is 5.92 Å². The number of likely N-dealkylation sites (tertiary alicyclic amines) is 1. The zero-order valence-corrected chi connectivity index (χ0v) is 12.3. The molecule has 1 heterocycles. The maximum absolute atomic E-state index is 10.9. The van der Waals surface area contributed by atoms with Gasteiger partial charge in [-0.3, -0.25) is 14.9 Å². The number of nitro benzene ring substituents is 1. The second-order valence-electron chi connectivity index (χ2n) is 5.41. The van der Waals surface area contributed by atoms with E-state index >= 15 is 0 Å². The van der Waals surface area contributed by atoms with Gasteiger partial charge in [0.05, 0.1) is 17.4 Å². The molecule has 1 fully saturated rings. The van der Waals surface area contributed by atoms with E-state index in [2.05, 4.69) is 4.90 Å². The first-order valence-corrected chi connectivity index (χ1v) is 7.38. The normalized spacial score (nSPS) is 16.4. The minimum Gasteiger partial charge on any atom is -0.494 e. The van der Waals surface area contributed by atoms with Gasteiger partial charge < -0.3 is 14.7 Å². The Morgan fingerprint density at radius 3 is 2.50 bits per heavy atom. The number of non-ortho nitro benzene ring substituents is 1. The highest BCUT2D eigenvalue weighted by Crippen LogP contribution is 2.19. The Morgan fingerprint density at radius 1 is 1.32 bits per heavy atom. The zero-order valence-electron chi connectivity index (χ0n) is 12.3. The summed E-state index contributed by atoms with van der Waals surface area (Å²) in [6.45, 7) is 3.04. The molecule has 7 nitrogen and oxygen atoms in total. The molecule has 1 aliphatic heterocycles. The molecule has 0 aliphatic carbocycles. The number of aliphatic carboxylic acids is 1. The summed E-state index contributed by atoms with van der Waals surface area (Å²) >= 11 is 0. The highest BCUT2D eigenvalue weighted by atomic mass is 16.6. The van der Waals surface area contributed by atoms with Crippen LogP contribution in [-0.2, 0) is 4.79 Å². The van der Waals surface area contributed by atoms with Crippen LogP contribution in [0.2, 0.25) is 0 Å². The fourth-order valence-corrected chi connectivity index (χ4v) is 2.55. The van der Waals surface area contributed by atoms with Crippen molar-refractivity contribution >= 4 is 11.7 Å². The molecule has 1 aliphatic rings. The van der Waals surface area contributed by atoms with Crippen LogP contribution in [0.15, 0.2) is 24.3 Å². The van der Waals surface area contributed by atoms with E-state index in [1.54, 1.807) is 12.1 Å². The predicted octanol–water partition coefficient (Wildman–Crippen LogP) is 2.16. The summed E-state index contributed by atoms with van der Waals surface area (Å²) in [5.41, 5.74) is 0.0497. The van der Waals surface area contributed by atoms with E-state index in [9.17, 15) is 14.9 Å². The molecule has 22 heavy (non-hydrogen) atoms.